The van der Waals surface area contributed by atoms with Crippen molar-refractivity contribution < 1.29 is 9.90 Å². The Labute approximate surface area is 215 Å². The number of urea groups is 1. The van der Waals surface area contributed by atoms with Gasteiger partial charge < -0.3 is 14.9 Å². The number of carbonyl (C=O) groups is 1. The molecule has 2 aromatic carbocycles. The molecule has 190 valence electrons. The molecule has 36 heavy (non-hydrogen) atoms. The highest BCUT2D eigenvalue weighted by Gasteiger charge is 2.56. The van der Waals surface area contributed by atoms with Crippen LogP contribution in [0, 0.1) is 11.3 Å². The maximum Gasteiger partial charge on any atom is 0.320 e. The summed E-state index contributed by atoms with van der Waals surface area (Å²) >= 11 is 0. The number of β-amino-alcohol motifs (C(OH)–C–C–N with tert-alkyl or cyclic N) is 1. The summed E-state index contributed by atoms with van der Waals surface area (Å²) in [6.07, 6.45) is 7.10. The molecule has 1 heterocycles. The van der Waals surface area contributed by atoms with E-state index in [9.17, 15) is 15.2 Å². The second-order valence-electron chi connectivity index (χ2n) is 11.4. The molecule has 6 heteroatoms. The van der Waals surface area contributed by atoms with E-state index in [2.05, 4.69) is 55.4 Å². The van der Waals surface area contributed by atoms with Gasteiger partial charge in [0.15, 0.2) is 0 Å². The van der Waals surface area contributed by atoms with Crippen LogP contribution in [0.3, 0.4) is 0 Å². The van der Waals surface area contributed by atoms with E-state index >= 15 is 0 Å². The zero-order valence-corrected chi connectivity index (χ0v) is 21.6. The maximum atomic E-state index is 13.8. The molecule has 2 saturated carbocycles. The molecule has 1 N–H and O–H groups in total. The SMILES string of the molecule is CN(C)C1(c2ccccc2)CCC2(CC1)CN(CCc1cccc(C#N)c1)C(=O)N2CC1(O)CCC1. The third kappa shape index (κ3) is 4.40. The van der Waals surface area contributed by atoms with Gasteiger partial charge in [-0.15, -0.1) is 0 Å². The number of nitriles is 1. The molecule has 2 aliphatic carbocycles. The maximum absolute atomic E-state index is 13.8. The minimum atomic E-state index is -0.741. The lowest BCUT2D eigenvalue weighted by Gasteiger charge is -2.52. The lowest BCUT2D eigenvalue weighted by molar-refractivity contribution is -0.0725. The molecule has 3 aliphatic rings. The Balaban J connectivity index is 1.37. The predicted molar refractivity (Wildman–Crippen MR) is 140 cm³/mol. The van der Waals surface area contributed by atoms with Gasteiger partial charge in [-0.05, 0) is 88.7 Å². The lowest BCUT2D eigenvalue weighted by atomic mass is 9.67. The van der Waals surface area contributed by atoms with Crippen molar-refractivity contribution in [3.8, 4) is 6.07 Å². The van der Waals surface area contributed by atoms with E-state index in [0.29, 0.717) is 25.2 Å². The summed E-state index contributed by atoms with van der Waals surface area (Å²) in [5.41, 5.74) is 2.04. The predicted octanol–water partition coefficient (Wildman–Crippen LogP) is 4.52. The van der Waals surface area contributed by atoms with Gasteiger partial charge in [0.05, 0.1) is 29.3 Å². The quantitative estimate of drug-likeness (QED) is 0.625. The zero-order chi connectivity index (χ0) is 25.4. The van der Waals surface area contributed by atoms with Crippen LogP contribution in [0.15, 0.2) is 54.6 Å². The third-order valence-electron chi connectivity index (χ3n) is 9.20. The number of rotatable bonds is 7. The van der Waals surface area contributed by atoms with Crippen LogP contribution in [0.2, 0.25) is 0 Å². The minimum Gasteiger partial charge on any atom is -0.388 e. The first-order valence-corrected chi connectivity index (χ1v) is 13.3. The molecule has 0 unspecified atom stereocenters. The van der Waals surface area contributed by atoms with Crippen LogP contribution in [0.25, 0.3) is 0 Å². The highest BCUT2D eigenvalue weighted by molar-refractivity contribution is 5.78. The van der Waals surface area contributed by atoms with E-state index in [0.717, 1.165) is 56.9 Å². The summed E-state index contributed by atoms with van der Waals surface area (Å²) in [6.45, 7) is 1.77. The van der Waals surface area contributed by atoms with Gasteiger partial charge in [0.25, 0.3) is 0 Å². The Morgan fingerprint density at radius 3 is 2.33 bits per heavy atom. The number of hydrogen-bond donors (Lipinski definition) is 1. The van der Waals surface area contributed by atoms with Crippen LogP contribution in [0.4, 0.5) is 4.79 Å². The monoisotopic (exact) mass is 486 g/mol. The average molecular weight is 487 g/mol. The van der Waals surface area contributed by atoms with E-state index in [-0.39, 0.29) is 17.1 Å². The summed E-state index contributed by atoms with van der Waals surface area (Å²) in [7, 11) is 4.34. The number of benzene rings is 2. The lowest BCUT2D eigenvalue weighted by Crippen LogP contribution is -2.59. The van der Waals surface area contributed by atoms with E-state index in [1.165, 1.54) is 5.56 Å². The van der Waals surface area contributed by atoms with Crippen molar-refractivity contribution in [1.29, 1.82) is 5.26 Å². The standard InChI is InChI=1S/C30H38N4O2/c1-32(2)30(26-10-4-3-5-11-26)17-15-28(16-18-30)22-33(19-12-24-8-6-9-25(20-24)21-31)27(35)34(28)23-29(36)13-7-14-29/h3-6,8-11,20,36H,7,12-19,22-23H2,1-2H3. The molecule has 1 saturated heterocycles. The Kier molecular flexibility index (Phi) is 6.57. The van der Waals surface area contributed by atoms with Gasteiger partial charge in [-0.3, -0.25) is 4.90 Å². The van der Waals surface area contributed by atoms with Crippen LogP contribution in [0.5, 0.6) is 0 Å². The Morgan fingerprint density at radius 2 is 1.72 bits per heavy atom. The fourth-order valence-electron chi connectivity index (χ4n) is 6.69. The number of amides is 2. The van der Waals surface area contributed by atoms with Crippen LogP contribution in [-0.4, -0.2) is 70.7 Å². The first-order chi connectivity index (χ1) is 17.3. The van der Waals surface area contributed by atoms with Crippen molar-refractivity contribution in [3.63, 3.8) is 0 Å². The fraction of sp³-hybridized carbons (Fsp3) is 0.533. The molecular weight excluding hydrogens is 448 g/mol. The number of aliphatic hydroxyl groups is 1. The molecule has 0 atom stereocenters. The third-order valence-corrected chi connectivity index (χ3v) is 9.20. The molecule has 6 nitrogen and oxygen atoms in total. The van der Waals surface area contributed by atoms with Gasteiger partial charge in [-0.1, -0.05) is 42.5 Å². The summed E-state index contributed by atoms with van der Waals surface area (Å²) in [6, 6.07) is 20.7. The van der Waals surface area contributed by atoms with E-state index in [1.807, 2.05) is 34.1 Å². The minimum absolute atomic E-state index is 0.0419. The fourth-order valence-corrected chi connectivity index (χ4v) is 6.69. The normalized spacial score (nSPS) is 27.4. The molecule has 2 aromatic rings. The Bertz CT molecular complexity index is 1130. The van der Waals surface area contributed by atoms with Gasteiger partial charge in [-0.2, -0.15) is 5.26 Å². The van der Waals surface area contributed by atoms with Crippen molar-refractivity contribution in [2.24, 2.45) is 0 Å². The highest BCUT2D eigenvalue weighted by atomic mass is 16.3. The molecule has 3 fully saturated rings. The van der Waals surface area contributed by atoms with Gasteiger partial charge in [0.2, 0.25) is 0 Å². The van der Waals surface area contributed by atoms with Gasteiger partial charge >= 0.3 is 6.03 Å². The summed E-state index contributed by atoms with van der Waals surface area (Å²) in [4.78, 5) is 20.2. The number of nitrogens with zero attached hydrogens (tertiary/aromatic N) is 4. The second kappa shape index (κ2) is 9.53. The summed E-state index contributed by atoms with van der Waals surface area (Å²) < 4.78 is 0. The van der Waals surface area contributed by atoms with Crippen molar-refractivity contribution >= 4 is 6.03 Å². The topological polar surface area (TPSA) is 70.8 Å². The molecule has 2 amide bonds. The van der Waals surface area contributed by atoms with Crippen molar-refractivity contribution in [2.45, 2.75) is 68.0 Å². The molecule has 0 bridgehead atoms. The van der Waals surface area contributed by atoms with Crippen LogP contribution in [0.1, 0.15) is 61.6 Å². The number of hydrogen-bond acceptors (Lipinski definition) is 4. The summed E-state index contributed by atoms with van der Waals surface area (Å²) in [5, 5.41) is 20.3. The van der Waals surface area contributed by atoms with Crippen molar-refractivity contribution in [1.82, 2.24) is 14.7 Å². The van der Waals surface area contributed by atoms with Gasteiger partial charge in [0, 0.05) is 18.6 Å². The zero-order valence-electron chi connectivity index (χ0n) is 21.6. The van der Waals surface area contributed by atoms with Crippen LogP contribution >= 0.6 is 0 Å². The highest BCUT2D eigenvalue weighted by Crippen LogP contribution is 2.50. The van der Waals surface area contributed by atoms with Gasteiger partial charge in [-0.25, -0.2) is 4.79 Å². The van der Waals surface area contributed by atoms with E-state index < -0.39 is 5.60 Å². The smallest absolute Gasteiger partial charge is 0.320 e. The Morgan fingerprint density at radius 1 is 1.00 bits per heavy atom. The molecule has 1 aliphatic heterocycles. The van der Waals surface area contributed by atoms with E-state index in [4.69, 9.17) is 0 Å². The molecular formula is C30H38N4O2. The van der Waals surface area contributed by atoms with Gasteiger partial charge in [0.1, 0.15) is 0 Å². The molecule has 5 rings (SSSR count). The largest absolute Gasteiger partial charge is 0.388 e. The van der Waals surface area contributed by atoms with Crippen molar-refractivity contribution in [2.75, 3.05) is 33.7 Å². The first-order valence-electron chi connectivity index (χ1n) is 13.3. The molecule has 1 spiro atoms. The van der Waals surface area contributed by atoms with Crippen LogP contribution < -0.4 is 0 Å². The molecule has 0 radical (unpaired) electrons. The second-order valence-corrected chi connectivity index (χ2v) is 11.4. The summed E-state index contributed by atoms with van der Waals surface area (Å²) in [5.74, 6) is 0. The van der Waals surface area contributed by atoms with E-state index in [1.54, 1.807) is 0 Å². The first kappa shape index (κ1) is 24.8. The average Bonchev–Trinajstić information content (AvgIpc) is 3.13. The Hall–Kier alpha value is -2.88. The van der Waals surface area contributed by atoms with Crippen molar-refractivity contribution in [3.05, 3.63) is 71.3 Å². The molecule has 0 aromatic heterocycles. The number of carbonyl (C=O) groups excluding carboxylic acids is 1. The van der Waals surface area contributed by atoms with Crippen LogP contribution in [-0.2, 0) is 12.0 Å².